The smallest absolute Gasteiger partial charge is 0.0709 e. The summed E-state index contributed by atoms with van der Waals surface area (Å²) in [6, 6.07) is 20.8. The largest absolute Gasteiger partial charge is 0.350 e. The number of pyridine rings is 1. The highest BCUT2D eigenvalue weighted by atomic mass is 14.9. The standard InChI is InChI=1S/C20H16N2/c1-22-14-16(18-7-3-5-9-20(18)22)11-13-17-12-10-15-6-2-4-8-19(15)21-17/h2-14H,1H3. The molecule has 0 aliphatic rings. The fraction of sp³-hybridized carbons (Fsp3) is 0.0500. The van der Waals surface area contributed by atoms with E-state index in [0.717, 1.165) is 11.2 Å². The fourth-order valence-corrected chi connectivity index (χ4v) is 2.86. The Kier molecular flexibility index (Phi) is 3.01. The lowest BCUT2D eigenvalue weighted by atomic mass is 10.1. The molecular formula is C20H16N2. The molecule has 0 atom stereocenters. The van der Waals surface area contributed by atoms with Gasteiger partial charge in [0.1, 0.15) is 0 Å². The van der Waals surface area contributed by atoms with Gasteiger partial charge >= 0.3 is 0 Å². The number of hydrogen-bond acceptors (Lipinski definition) is 1. The van der Waals surface area contributed by atoms with Gasteiger partial charge in [-0.1, -0.05) is 48.5 Å². The molecule has 4 rings (SSSR count). The second kappa shape index (κ2) is 5.15. The third-order valence-corrected chi connectivity index (χ3v) is 3.98. The topological polar surface area (TPSA) is 17.8 Å². The molecule has 0 amide bonds. The summed E-state index contributed by atoms with van der Waals surface area (Å²) < 4.78 is 2.16. The number of hydrogen-bond donors (Lipinski definition) is 0. The summed E-state index contributed by atoms with van der Waals surface area (Å²) in [5, 5.41) is 2.44. The summed E-state index contributed by atoms with van der Waals surface area (Å²) in [6.07, 6.45) is 6.37. The van der Waals surface area contributed by atoms with Crippen molar-refractivity contribution in [1.82, 2.24) is 9.55 Å². The molecule has 106 valence electrons. The lowest BCUT2D eigenvalue weighted by Gasteiger charge is -1.98. The summed E-state index contributed by atoms with van der Waals surface area (Å²) in [5.41, 5.74) is 4.47. The average Bonchev–Trinajstić information content (AvgIpc) is 2.89. The van der Waals surface area contributed by atoms with Crippen LogP contribution in [0.25, 0.3) is 34.0 Å². The molecule has 0 aliphatic carbocycles. The first-order valence-electron chi connectivity index (χ1n) is 7.39. The van der Waals surface area contributed by atoms with Crippen LogP contribution in [-0.2, 0) is 7.05 Å². The highest BCUT2D eigenvalue weighted by molar-refractivity contribution is 5.92. The van der Waals surface area contributed by atoms with Gasteiger partial charge in [0.25, 0.3) is 0 Å². The zero-order chi connectivity index (χ0) is 14.9. The van der Waals surface area contributed by atoms with Gasteiger partial charge in [0.15, 0.2) is 0 Å². The van der Waals surface area contributed by atoms with Gasteiger partial charge in [-0.3, -0.25) is 0 Å². The van der Waals surface area contributed by atoms with Gasteiger partial charge in [0.2, 0.25) is 0 Å². The second-order valence-corrected chi connectivity index (χ2v) is 5.47. The van der Waals surface area contributed by atoms with E-state index >= 15 is 0 Å². The molecule has 2 aromatic heterocycles. The molecular weight excluding hydrogens is 268 g/mol. The molecule has 22 heavy (non-hydrogen) atoms. The normalized spacial score (nSPS) is 11.7. The molecule has 2 aromatic carbocycles. The van der Waals surface area contributed by atoms with E-state index in [1.54, 1.807) is 0 Å². The van der Waals surface area contributed by atoms with Crippen molar-refractivity contribution in [2.45, 2.75) is 0 Å². The molecule has 4 aromatic rings. The van der Waals surface area contributed by atoms with E-state index in [0.29, 0.717) is 0 Å². The lowest BCUT2D eigenvalue weighted by Crippen LogP contribution is -1.82. The van der Waals surface area contributed by atoms with Gasteiger partial charge < -0.3 is 4.57 Å². The van der Waals surface area contributed by atoms with Crippen LogP contribution in [0.5, 0.6) is 0 Å². The Morgan fingerprint density at radius 1 is 0.864 bits per heavy atom. The molecule has 0 N–H and O–H groups in total. The monoisotopic (exact) mass is 284 g/mol. The predicted molar refractivity (Wildman–Crippen MR) is 93.6 cm³/mol. The van der Waals surface area contributed by atoms with Crippen molar-refractivity contribution in [1.29, 1.82) is 0 Å². The summed E-state index contributed by atoms with van der Waals surface area (Å²) >= 11 is 0. The van der Waals surface area contributed by atoms with Crippen LogP contribution >= 0.6 is 0 Å². The van der Waals surface area contributed by atoms with E-state index in [2.05, 4.69) is 77.4 Å². The van der Waals surface area contributed by atoms with Crippen molar-refractivity contribution in [2.24, 2.45) is 7.05 Å². The first-order chi connectivity index (χ1) is 10.8. The van der Waals surface area contributed by atoms with Gasteiger partial charge in [0.05, 0.1) is 11.2 Å². The van der Waals surface area contributed by atoms with Crippen LogP contribution in [-0.4, -0.2) is 9.55 Å². The number of fused-ring (bicyclic) bond motifs is 2. The number of aryl methyl sites for hydroxylation is 1. The molecule has 0 bridgehead atoms. The number of para-hydroxylation sites is 2. The maximum atomic E-state index is 4.68. The molecule has 0 aliphatic heterocycles. The van der Waals surface area contributed by atoms with Crippen LogP contribution in [0.15, 0.2) is 66.9 Å². The van der Waals surface area contributed by atoms with Crippen molar-refractivity contribution < 1.29 is 0 Å². The Bertz CT molecular complexity index is 993. The lowest BCUT2D eigenvalue weighted by molar-refractivity contribution is 0.968. The fourth-order valence-electron chi connectivity index (χ4n) is 2.86. The minimum atomic E-state index is 0.978. The zero-order valence-electron chi connectivity index (χ0n) is 12.4. The molecule has 0 unspecified atom stereocenters. The van der Waals surface area contributed by atoms with Crippen LogP contribution in [0.2, 0.25) is 0 Å². The van der Waals surface area contributed by atoms with E-state index in [1.807, 2.05) is 18.2 Å². The number of aromatic nitrogens is 2. The van der Waals surface area contributed by atoms with Crippen molar-refractivity contribution in [3.8, 4) is 0 Å². The molecule has 0 radical (unpaired) electrons. The summed E-state index contributed by atoms with van der Waals surface area (Å²) in [4.78, 5) is 4.68. The van der Waals surface area contributed by atoms with Crippen LogP contribution in [0.3, 0.4) is 0 Å². The molecule has 0 spiro atoms. The Hall–Kier alpha value is -2.87. The van der Waals surface area contributed by atoms with Crippen LogP contribution in [0, 0.1) is 0 Å². The minimum Gasteiger partial charge on any atom is -0.350 e. The number of benzene rings is 2. The zero-order valence-corrected chi connectivity index (χ0v) is 12.4. The molecule has 0 saturated carbocycles. The highest BCUT2D eigenvalue weighted by Gasteiger charge is 2.02. The third-order valence-electron chi connectivity index (χ3n) is 3.98. The van der Waals surface area contributed by atoms with Crippen molar-refractivity contribution in [2.75, 3.05) is 0 Å². The Balaban J connectivity index is 1.75. The van der Waals surface area contributed by atoms with E-state index in [9.17, 15) is 0 Å². The van der Waals surface area contributed by atoms with Crippen LogP contribution in [0.4, 0.5) is 0 Å². The first-order valence-corrected chi connectivity index (χ1v) is 7.39. The van der Waals surface area contributed by atoms with E-state index < -0.39 is 0 Å². The number of nitrogens with zero attached hydrogens (tertiary/aromatic N) is 2. The van der Waals surface area contributed by atoms with E-state index in [4.69, 9.17) is 0 Å². The summed E-state index contributed by atoms with van der Waals surface area (Å²) in [7, 11) is 2.08. The average molecular weight is 284 g/mol. The SMILES string of the molecule is Cn1cc(C=Cc2ccc3ccccc3n2)c2ccccc21. The van der Waals surface area contributed by atoms with Gasteiger partial charge in [-0.25, -0.2) is 4.98 Å². The Morgan fingerprint density at radius 3 is 2.64 bits per heavy atom. The van der Waals surface area contributed by atoms with Gasteiger partial charge in [-0.05, 0) is 24.3 Å². The molecule has 2 heterocycles. The predicted octanol–water partition coefficient (Wildman–Crippen LogP) is 4.90. The van der Waals surface area contributed by atoms with Crippen LogP contribution < -0.4 is 0 Å². The highest BCUT2D eigenvalue weighted by Crippen LogP contribution is 2.22. The van der Waals surface area contributed by atoms with Crippen molar-refractivity contribution in [3.63, 3.8) is 0 Å². The number of rotatable bonds is 2. The minimum absolute atomic E-state index is 0.978. The summed E-state index contributed by atoms with van der Waals surface area (Å²) in [6.45, 7) is 0. The molecule has 0 fully saturated rings. The van der Waals surface area contributed by atoms with E-state index in [-0.39, 0.29) is 0 Å². The molecule has 0 saturated heterocycles. The second-order valence-electron chi connectivity index (χ2n) is 5.47. The van der Waals surface area contributed by atoms with Crippen molar-refractivity contribution in [3.05, 3.63) is 78.1 Å². The van der Waals surface area contributed by atoms with E-state index in [1.165, 1.54) is 21.9 Å². The van der Waals surface area contributed by atoms with Crippen LogP contribution in [0.1, 0.15) is 11.3 Å². The quantitative estimate of drug-likeness (QED) is 0.512. The molecule has 2 heteroatoms. The Labute approximate surface area is 129 Å². The van der Waals surface area contributed by atoms with Gasteiger partial charge in [-0.2, -0.15) is 0 Å². The first kappa shape index (κ1) is 12.8. The third kappa shape index (κ3) is 2.19. The Morgan fingerprint density at radius 2 is 1.68 bits per heavy atom. The maximum absolute atomic E-state index is 4.68. The summed E-state index contributed by atoms with van der Waals surface area (Å²) in [5.74, 6) is 0. The van der Waals surface area contributed by atoms with Gasteiger partial charge in [-0.15, -0.1) is 0 Å². The molecule has 2 nitrogen and oxygen atoms in total. The maximum Gasteiger partial charge on any atom is 0.0709 e. The van der Waals surface area contributed by atoms with Gasteiger partial charge in [0, 0.05) is 35.1 Å². The van der Waals surface area contributed by atoms with Crippen molar-refractivity contribution >= 4 is 34.0 Å².